The number of thiophene rings is 1. The largest absolute Gasteiger partial charge is 0.495 e. The highest BCUT2D eigenvalue weighted by atomic mass is 32.1. The molecule has 0 spiro atoms. The molecule has 2 aromatic heterocycles. The third-order valence-corrected chi connectivity index (χ3v) is 4.10. The van der Waals surface area contributed by atoms with Crippen LogP contribution in [0.5, 0.6) is 5.75 Å². The Labute approximate surface area is 119 Å². The van der Waals surface area contributed by atoms with E-state index in [0.29, 0.717) is 0 Å². The van der Waals surface area contributed by atoms with E-state index in [2.05, 4.69) is 5.10 Å². The average molecular weight is 288 g/mol. The second kappa shape index (κ2) is 4.64. The van der Waals surface area contributed by atoms with Crippen LogP contribution in [0.3, 0.4) is 0 Å². The Bertz CT molecular complexity index is 804. The Hall–Kier alpha value is -2.34. The van der Waals surface area contributed by atoms with Crippen molar-refractivity contribution in [2.24, 2.45) is 7.05 Å². The molecule has 20 heavy (non-hydrogen) atoms. The highest BCUT2D eigenvalue weighted by molar-refractivity contribution is 7.17. The van der Waals surface area contributed by atoms with Gasteiger partial charge in [0, 0.05) is 18.0 Å². The van der Waals surface area contributed by atoms with Crippen LogP contribution < -0.4 is 4.74 Å². The molecule has 0 aliphatic heterocycles. The monoisotopic (exact) mass is 288 g/mol. The number of aromatic nitrogens is 2. The zero-order valence-electron chi connectivity index (χ0n) is 11.0. The number of hydrogen-bond acceptors (Lipinski definition) is 4. The number of fused-ring (bicyclic) bond motifs is 1. The maximum atomic E-state index is 11.0. The first-order valence-electron chi connectivity index (χ1n) is 5.93. The maximum Gasteiger partial charge on any atom is 0.356 e. The second-order valence-electron chi connectivity index (χ2n) is 4.32. The Morgan fingerprint density at radius 3 is 2.85 bits per heavy atom. The third-order valence-electron chi connectivity index (χ3n) is 3.18. The molecule has 0 atom stereocenters. The molecule has 0 aliphatic rings. The predicted molar refractivity (Wildman–Crippen MR) is 77.5 cm³/mol. The number of rotatable bonds is 3. The van der Waals surface area contributed by atoms with Gasteiger partial charge in [0.1, 0.15) is 5.75 Å². The number of aryl methyl sites for hydroxylation is 1. The van der Waals surface area contributed by atoms with Crippen LogP contribution in [0, 0.1) is 0 Å². The van der Waals surface area contributed by atoms with E-state index < -0.39 is 5.97 Å². The molecule has 0 amide bonds. The van der Waals surface area contributed by atoms with Gasteiger partial charge in [-0.15, -0.1) is 11.3 Å². The molecule has 0 fully saturated rings. The first-order valence-corrected chi connectivity index (χ1v) is 6.81. The van der Waals surface area contributed by atoms with Gasteiger partial charge in [-0.05, 0) is 29.6 Å². The van der Waals surface area contributed by atoms with Gasteiger partial charge in [0.2, 0.25) is 0 Å². The number of methoxy groups -OCH3 is 1. The number of carboxylic acid groups (broad SMARTS) is 1. The number of benzene rings is 1. The van der Waals surface area contributed by atoms with Gasteiger partial charge in [-0.3, -0.25) is 4.68 Å². The van der Waals surface area contributed by atoms with Crippen molar-refractivity contribution >= 4 is 27.4 Å². The van der Waals surface area contributed by atoms with Gasteiger partial charge in [-0.1, -0.05) is 0 Å². The number of ether oxygens (including phenoxy) is 1. The van der Waals surface area contributed by atoms with Crippen molar-refractivity contribution < 1.29 is 14.6 Å². The zero-order chi connectivity index (χ0) is 14.3. The van der Waals surface area contributed by atoms with Crippen LogP contribution in [-0.4, -0.2) is 28.0 Å². The molecule has 3 aromatic rings. The van der Waals surface area contributed by atoms with Gasteiger partial charge in [-0.2, -0.15) is 5.10 Å². The smallest absolute Gasteiger partial charge is 0.356 e. The molecule has 0 saturated heterocycles. The average Bonchev–Trinajstić information content (AvgIpc) is 3.04. The third kappa shape index (κ3) is 1.85. The van der Waals surface area contributed by atoms with Gasteiger partial charge >= 0.3 is 5.97 Å². The standard InChI is InChI=1S/C14H12N2O3S/c1-16-11(7-10(15-16)14(17)18)8-3-4-12(19-2)13-9(8)5-6-20-13/h3-7H,1-2H3,(H,17,18). The molecular weight excluding hydrogens is 276 g/mol. The molecule has 1 N–H and O–H groups in total. The summed E-state index contributed by atoms with van der Waals surface area (Å²) in [5.74, 6) is -0.207. The van der Waals surface area contributed by atoms with Crippen LogP contribution >= 0.6 is 11.3 Å². The number of carboxylic acids is 1. The summed E-state index contributed by atoms with van der Waals surface area (Å²) in [6.07, 6.45) is 0. The zero-order valence-corrected chi connectivity index (χ0v) is 11.8. The van der Waals surface area contributed by atoms with E-state index >= 15 is 0 Å². The lowest BCUT2D eigenvalue weighted by Gasteiger charge is -2.07. The SMILES string of the molecule is COc1ccc(-c2cc(C(=O)O)nn2C)c2ccsc12. The van der Waals surface area contributed by atoms with Crippen LogP contribution in [0.15, 0.2) is 29.6 Å². The molecule has 0 unspecified atom stereocenters. The fourth-order valence-electron chi connectivity index (χ4n) is 2.24. The lowest BCUT2D eigenvalue weighted by atomic mass is 10.1. The van der Waals surface area contributed by atoms with E-state index in [1.807, 2.05) is 23.6 Å². The minimum Gasteiger partial charge on any atom is -0.495 e. The minimum absolute atomic E-state index is 0.0432. The van der Waals surface area contributed by atoms with Crippen LogP contribution in [0.1, 0.15) is 10.5 Å². The van der Waals surface area contributed by atoms with Crippen LogP contribution in [-0.2, 0) is 7.05 Å². The summed E-state index contributed by atoms with van der Waals surface area (Å²) in [6, 6.07) is 7.41. The Morgan fingerprint density at radius 2 is 2.20 bits per heavy atom. The molecular formula is C14H12N2O3S. The summed E-state index contributed by atoms with van der Waals surface area (Å²) < 4.78 is 7.97. The topological polar surface area (TPSA) is 64.3 Å². The van der Waals surface area contributed by atoms with Crippen LogP contribution in [0.25, 0.3) is 21.3 Å². The van der Waals surface area contributed by atoms with Gasteiger partial charge in [0.05, 0.1) is 17.5 Å². The molecule has 6 heteroatoms. The van der Waals surface area contributed by atoms with Crippen LogP contribution in [0.4, 0.5) is 0 Å². The second-order valence-corrected chi connectivity index (χ2v) is 5.24. The van der Waals surface area contributed by atoms with Crippen molar-refractivity contribution in [2.75, 3.05) is 7.11 Å². The van der Waals surface area contributed by atoms with Crippen molar-refractivity contribution in [3.8, 4) is 17.0 Å². The summed E-state index contributed by atoms with van der Waals surface area (Å²) in [5.41, 5.74) is 1.76. The lowest BCUT2D eigenvalue weighted by Crippen LogP contribution is -1.99. The van der Waals surface area contributed by atoms with Crippen molar-refractivity contribution in [1.82, 2.24) is 9.78 Å². The van der Waals surface area contributed by atoms with E-state index in [-0.39, 0.29) is 5.69 Å². The fourth-order valence-corrected chi connectivity index (χ4v) is 3.16. The molecule has 0 bridgehead atoms. The van der Waals surface area contributed by atoms with Crippen molar-refractivity contribution in [3.63, 3.8) is 0 Å². The molecule has 0 radical (unpaired) electrons. The van der Waals surface area contributed by atoms with Gasteiger partial charge in [-0.25, -0.2) is 4.79 Å². The summed E-state index contributed by atoms with van der Waals surface area (Å²) in [6.45, 7) is 0. The highest BCUT2D eigenvalue weighted by Crippen LogP contribution is 2.37. The van der Waals surface area contributed by atoms with E-state index in [1.54, 1.807) is 36.2 Å². The molecule has 2 heterocycles. The Balaban J connectivity index is 2.25. The van der Waals surface area contributed by atoms with Crippen molar-refractivity contribution in [2.45, 2.75) is 0 Å². The van der Waals surface area contributed by atoms with Gasteiger partial charge in [0.25, 0.3) is 0 Å². The van der Waals surface area contributed by atoms with Crippen molar-refractivity contribution in [1.29, 1.82) is 0 Å². The molecule has 0 aliphatic carbocycles. The minimum atomic E-state index is -1.03. The summed E-state index contributed by atoms with van der Waals surface area (Å²) >= 11 is 1.60. The van der Waals surface area contributed by atoms with E-state index in [1.165, 1.54) is 0 Å². The Kier molecular flexibility index (Phi) is 2.94. The maximum absolute atomic E-state index is 11.0. The molecule has 5 nitrogen and oxygen atoms in total. The number of hydrogen-bond donors (Lipinski definition) is 1. The highest BCUT2D eigenvalue weighted by Gasteiger charge is 2.16. The quantitative estimate of drug-likeness (QED) is 0.804. The fraction of sp³-hybridized carbons (Fsp3) is 0.143. The first-order chi connectivity index (χ1) is 9.61. The number of nitrogens with zero attached hydrogens (tertiary/aromatic N) is 2. The predicted octanol–water partition coefficient (Wildman–Crippen LogP) is 3.01. The summed E-state index contributed by atoms with van der Waals surface area (Å²) in [7, 11) is 3.38. The first kappa shape index (κ1) is 12.7. The summed E-state index contributed by atoms with van der Waals surface area (Å²) in [4.78, 5) is 11.0. The molecule has 3 rings (SSSR count). The van der Waals surface area contributed by atoms with Crippen LogP contribution in [0.2, 0.25) is 0 Å². The lowest BCUT2D eigenvalue weighted by molar-refractivity contribution is 0.0689. The van der Waals surface area contributed by atoms with Crippen molar-refractivity contribution in [3.05, 3.63) is 35.3 Å². The number of aromatic carboxylic acids is 1. The van der Waals surface area contributed by atoms with Gasteiger partial charge in [0.15, 0.2) is 5.69 Å². The Morgan fingerprint density at radius 1 is 1.40 bits per heavy atom. The molecule has 0 saturated carbocycles. The van der Waals surface area contributed by atoms with Gasteiger partial charge < -0.3 is 9.84 Å². The molecule has 1 aromatic carbocycles. The summed E-state index contributed by atoms with van der Waals surface area (Å²) in [5, 5.41) is 16.1. The normalized spacial score (nSPS) is 10.9. The van der Waals surface area contributed by atoms with E-state index in [0.717, 1.165) is 27.1 Å². The molecule has 102 valence electrons. The van der Waals surface area contributed by atoms with E-state index in [9.17, 15) is 4.79 Å². The number of carbonyl (C=O) groups is 1. The van der Waals surface area contributed by atoms with E-state index in [4.69, 9.17) is 9.84 Å².